The summed E-state index contributed by atoms with van der Waals surface area (Å²) < 4.78 is 86.6. The van der Waals surface area contributed by atoms with Gasteiger partial charge in [0.25, 0.3) is 0 Å². The molecule has 1 amide bonds. The molecule has 2 rings (SSSR count). The van der Waals surface area contributed by atoms with Crippen molar-refractivity contribution in [2.75, 3.05) is 7.11 Å². The smallest absolute Gasteiger partial charge is 0.450 e. The summed E-state index contributed by atoms with van der Waals surface area (Å²) in [6.07, 6.45) is -12.8. The van der Waals surface area contributed by atoms with E-state index in [-0.39, 0.29) is 10.6 Å². The molecule has 0 radical (unpaired) electrons. The van der Waals surface area contributed by atoms with Crippen molar-refractivity contribution in [1.82, 2.24) is 5.32 Å². The van der Waals surface area contributed by atoms with Gasteiger partial charge in [-0.1, -0.05) is 56.6 Å². The minimum atomic E-state index is -5.50. The number of halogens is 7. The lowest BCUT2D eigenvalue weighted by Crippen LogP contribution is -2.50. The van der Waals surface area contributed by atoms with E-state index in [0.717, 1.165) is 25.1 Å². The number of Topliss-reactive ketones (excluding diaryl/α,β-unsaturated/α-hetero) is 3. The zero-order valence-corrected chi connectivity index (χ0v) is 24.2. The monoisotopic (exact) mass is 637 g/mol. The number of aliphatic hydroxyl groups is 1. The molecule has 7 nitrogen and oxygen atoms in total. The third-order valence-corrected chi connectivity index (χ3v) is 7.13. The van der Waals surface area contributed by atoms with Crippen LogP contribution in [0.15, 0.2) is 48.5 Å². The number of carbonyl (C=O) groups is 4. The number of benzene rings is 2. The Morgan fingerprint density at radius 3 is 1.98 bits per heavy atom. The van der Waals surface area contributed by atoms with Gasteiger partial charge in [0.1, 0.15) is 11.8 Å². The van der Waals surface area contributed by atoms with E-state index in [1.54, 1.807) is 0 Å². The Labute approximate surface area is 248 Å². The molecule has 236 valence electrons. The quantitative estimate of drug-likeness (QED) is 0.264. The van der Waals surface area contributed by atoms with E-state index in [0.29, 0.717) is 5.75 Å². The third-order valence-electron chi connectivity index (χ3n) is 6.90. The van der Waals surface area contributed by atoms with Crippen molar-refractivity contribution in [3.05, 3.63) is 64.7 Å². The molecule has 2 aromatic rings. The SMILES string of the molecule is COc1ccc([C@H](NC(=O)[C@H](C)CC(=O)C(O)(c2cccc(Cl)c2)C(F)(F)F)C(=O)C[C@H](C(=O)C(F)(F)F)C(C)C)cc1. The Hall–Kier alpha value is -3.45. The maximum absolute atomic E-state index is 14.0. The lowest BCUT2D eigenvalue weighted by molar-refractivity contribution is -0.256. The number of hydrogen-bond donors (Lipinski definition) is 2. The first kappa shape index (κ1) is 35.7. The van der Waals surface area contributed by atoms with E-state index in [1.165, 1.54) is 51.3 Å². The van der Waals surface area contributed by atoms with Crippen LogP contribution in [-0.4, -0.2) is 47.8 Å². The number of methoxy groups -OCH3 is 1. The molecule has 0 bridgehead atoms. The molecule has 0 aliphatic carbocycles. The minimum Gasteiger partial charge on any atom is -0.497 e. The summed E-state index contributed by atoms with van der Waals surface area (Å²) >= 11 is 5.75. The van der Waals surface area contributed by atoms with Crippen molar-refractivity contribution in [3.8, 4) is 5.75 Å². The number of alkyl halides is 6. The lowest BCUT2D eigenvalue weighted by atomic mass is 9.83. The molecule has 0 aromatic heterocycles. The number of ketones is 3. The van der Waals surface area contributed by atoms with Gasteiger partial charge in [-0.2, -0.15) is 26.3 Å². The number of hydrogen-bond acceptors (Lipinski definition) is 6. The first-order chi connectivity index (χ1) is 19.7. The number of rotatable bonds is 13. The van der Waals surface area contributed by atoms with Crippen molar-refractivity contribution in [2.45, 2.75) is 57.6 Å². The average Bonchev–Trinajstić information content (AvgIpc) is 2.92. The lowest BCUT2D eigenvalue weighted by Gasteiger charge is -2.30. The maximum Gasteiger partial charge on any atom is 0.450 e. The molecule has 0 saturated carbocycles. The topological polar surface area (TPSA) is 110 Å². The second-order valence-corrected chi connectivity index (χ2v) is 10.8. The summed E-state index contributed by atoms with van der Waals surface area (Å²) in [4.78, 5) is 51.3. The van der Waals surface area contributed by atoms with Gasteiger partial charge in [-0.05, 0) is 35.7 Å². The van der Waals surface area contributed by atoms with Crippen molar-refractivity contribution in [2.24, 2.45) is 17.8 Å². The fraction of sp³-hybridized carbons (Fsp3) is 0.448. The molecule has 0 aliphatic rings. The molecule has 43 heavy (non-hydrogen) atoms. The normalized spacial score (nSPS) is 15.7. The van der Waals surface area contributed by atoms with E-state index < -0.39 is 83.4 Å². The summed E-state index contributed by atoms with van der Waals surface area (Å²) in [5.41, 5.74) is -4.81. The summed E-state index contributed by atoms with van der Waals surface area (Å²) in [6, 6.07) is 7.73. The van der Waals surface area contributed by atoms with Gasteiger partial charge in [0.05, 0.1) is 7.11 Å². The first-order valence-electron chi connectivity index (χ1n) is 12.9. The van der Waals surface area contributed by atoms with E-state index in [4.69, 9.17) is 16.3 Å². The molecule has 2 N–H and O–H groups in total. The Bertz CT molecular complexity index is 1330. The van der Waals surface area contributed by atoms with Crippen LogP contribution in [0.3, 0.4) is 0 Å². The van der Waals surface area contributed by atoms with E-state index >= 15 is 0 Å². The Kier molecular flexibility index (Phi) is 11.5. The molecule has 1 unspecified atom stereocenters. The zero-order chi connectivity index (χ0) is 32.9. The van der Waals surface area contributed by atoms with Crippen LogP contribution in [0.5, 0.6) is 5.75 Å². The molecule has 0 heterocycles. The average molecular weight is 638 g/mol. The first-order valence-corrected chi connectivity index (χ1v) is 13.3. The van der Waals surface area contributed by atoms with Crippen LogP contribution in [0.4, 0.5) is 26.3 Å². The summed E-state index contributed by atoms with van der Waals surface area (Å²) in [5, 5.41) is 12.6. The van der Waals surface area contributed by atoms with Crippen LogP contribution < -0.4 is 10.1 Å². The number of carbonyl (C=O) groups excluding carboxylic acids is 4. The van der Waals surface area contributed by atoms with Crippen LogP contribution >= 0.6 is 11.6 Å². The van der Waals surface area contributed by atoms with Gasteiger partial charge in [0.15, 0.2) is 11.6 Å². The van der Waals surface area contributed by atoms with Crippen LogP contribution in [0, 0.1) is 17.8 Å². The van der Waals surface area contributed by atoms with Crippen molar-refractivity contribution in [1.29, 1.82) is 0 Å². The maximum atomic E-state index is 14.0. The minimum absolute atomic E-state index is 0.0744. The highest BCUT2D eigenvalue weighted by Gasteiger charge is 2.60. The summed E-state index contributed by atoms with van der Waals surface area (Å²) in [6.45, 7) is 3.71. The molecule has 0 aliphatic heterocycles. The van der Waals surface area contributed by atoms with Crippen LogP contribution in [-0.2, 0) is 24.8 Å². The van der Waals surface area contributed by atoms with Gasteiger partial charge in [-0.15, -0.1) is 0 Å². The second-order valence-electron chi connectivity index (χ2n) is 10.3. The number of amides is 1. The fourth-order valence-electron chi connectivity index (χ4n) is 4.32. The third kappa shape index (κ3) is 8.56. The summed E-state index contributed by atoms with van der Waals surface area (Å²) in [7, 11) is 1.35. The highest BCUT2D eigenvalue weighted by molar-refractivity contribution is 6.30. The highest BCUT2D eigenvalue weighted by Crippen LogP contribution is 2.42. The zero-order valence-electron chi connectivity index (χ0n) is 23.5. The molecule has 0 fully saturated rings. The van der Waals surface area contributed by atoms with E-state index in [1.807, 2.05) is 0 Å². The fourth-order valence-corrected chi connectivity index (χ4v) is 4.51. The molecule has 0 spiro atoms. The van der Waals surface area contributed by atoms with Crippen molar-refractivity contribution < 1.29 is 55.4 Å². The number of ether oxygens (including phenoxy) is 1. The van der Waals surface area contributed by atoms with Gasteiger partial charge in [0, 0.05) is 35.3 Å². The molecule has 2 aromatic carbocycles. The molecule has 0 saturated heterocycles. The molecule has 14 heteroatoms. The second kappa shape index (κ2) is 13.9. The molecular weight excluding hydrogens is 608 g/mol. The van der Waals surface area contributed by atoms with Crippen molar-refractivity contribution in [3.63, 3.8) is 0 Å². The van der Waals surface area contributed by atoms with Crippen molar-refractivity contribution >= 4 is 34.9 Å². The van der Waals surface area contributed by atoms with Gasteiger partial charge >= 0.3 is 12.4 Å². The Balaban J connectivity index is 2.38. The Morgan fingerprint density at radius 1 is 0.930 bits per heavy atom. The molecular formula is C29H30ClF6NO6. The van der Waals surface area contributed by atoms with Gasteiger partial charge in [-0.3, -0.25) is 19.2 Å². The van der Waals surface area contributed by atoms with Crippen LogP contribution in [0.1, 0.15) is 50.8 Å². The van der Waals surface area contributed by atoms with E-state index in [9.17, 15) is 50.6 Å². The van der Waals surface area contributed by atoms with Gasteiger partial charge in [0.2, 0.25) is 17.3 Å². The number of nitrogens with one attached hydrogen (secondary N) is 1. The van der Waals surface area contributed by atoms with Gasteiger partial charge in [-0.25, -0.2) is 0 Å². The van der Waals surface area contributed by atoms with Crippen LogP contribution in [0.2, 0.25) is 5.02 Å². The van der Waals surface area contributed by atoms with Gasteiger partial charge < -0.3 is 15.2 Å². The standard InChI is InChI=1S/C29H30ClF6NO6/c1-15(2)21(25(40)28(31,32)33)14-22(38)24(17-8-10-20(43-4)11-9-17)37-26(41)16(3)12-23(39)27(42,29(34,35)36)18-6-5-7-19(30)13-18/h5-11,13,15-16,21,24,42H,12,14H2,1-4H3,(H,37,41)/t16-,21+,24+,27?/m1/s1. The predicted molar refractivity (Wildman–Crippen MR) is 143 cm³/mol. The summed E-state index contributed by atoms with van der Waals surface area (Å²) in [5.74, 6) is -9.90. The van der Waals surface area contributed by atoms with E-state index in [2.05, 4.69) is 5.32 Å². The predicted octanol–water partition coefficient (Wildman–Crippen LogP) is 5.91. The Morgan fingerprint density at radius 2 is 1.51 bits per heavy atom. The van der Waals surface area contributed by atoms with Crippen LogP contribution in [0.25, 0.3) is 0 Å². The molecule has 4 atom stereocenters. The largest absolute Gasteiger partial charge is 0.497 e. The highest BCUT2D eigenvalue weighted by atomic mass is 35.5.